The SMILES string of the molecule is CCOc1cccc(CNC(=O)C(C)Oc2cc(C)ccc2C(C)C)c1. The average molecular weight is 355 g/mol. The van der Waals surface area contributed by atoms with Crippen molar-refractivity contribution in [1.82, 2.24) is 5.32 Å². The predicted molar refractivity (Wildman–Crippen MR) is 105 cm³/mol. The van der Waals surface area contributed by atoms with Gasteiger partial charge in [0.25, 0.3) is 5.91 Å². The minimum absolute atomic E-state index is 0.136. The Morgan fingerprint density at radius 3 is 2.58 bits per heavy atom. The van der Waals surface area contributed by atoms with Gasteiger partial charge in [0, 0.05) is 6.54 Å². The van der Waals surface area contributed by atoms with Gasteiger partial charge in [0.1, 0.15) is 11.5 Å². The molecule has 0 aliphatic carbocycles. The zero-order chi connectivity index (χ0) is 19.1. The van der Waals surface area contributed by atoms with Crippen LogP contribution in [0.3, 0.4) is 0 Å². The maximum absolute atomic E-state index is 12.4. The third-order valence-electron chi connectivity index (χ3n) is 4.14. The Balaban J connectivity index is 1.98. The van der Waals surface area contributed by atoms with Crippen LogP contribution in [0.2, 0.25) is 0 Å². The lowest BCUT2D eigenvalue weighted by Gasteiger charge is -2.19. The molecule has 4 heteroatoms. The maximum atomic E-state index is 12.4. The average Bonchev–Trinajstić information content (AvgIpc) is 2.60. The number of hydrogen-bond acceptors (Lipinski definition) is 3. The fraction of sp³-hybridized carbons (Fsp3) is 0.409. The fourth-order valence-corrected chi connectivity index (χ4v) is 2.71. The van der Waals surface area contributed by atoms with Crippen LogP contribution in [-0.2, 0) is 11.3 Å². The molecule has 0 saturated carbocycles. The van der Waals surface area contributed by atoms with Gasteiger partial charge in [0.2, 0.25) is 0 Å². The van der Waals surface area contributed by atoms with E-state index in [9.17, 15) is 4.79 Å². The summed E-state index contributed by atoms with van der Waals surface area (Å²) in [4.78, 5) is 12.4. The summed E-state index contributed by atoms with van der Waals surface area (Å²) in [6.07, 6.45) is -0.565. The summed E-state index contributed by atoms with van der Waals surface area (Å²) < 4.78 is 11.5. The van der Waals surface area contributed by atoms with E-state index in [2.05, 4.69) is 31.3 Å². The van der Waals surface area contributed by atoms with Gasteiger partial charge < -0.3 is 14.8 Å². The molecular weight excluding hydrogens is 326 g/mol. The largest absolute Gasteiger partial charge is 0.494 e. The second kappa shape index (κ2) is 9.27. The smallest absolute Gasteiger partial charge is 0.261 e. The van der Waals surface area contributed by atoms with Gasteiger partial charge >= 0.3 is 0 Å². The van der Waals surface area contributed by atoms with Gasteiger partial charge in [-0.05, 0) is 61.6 Å². The minimum atomic E-state index is -0.565. The maximum Gasteiger partial charge on any atom is 0.261 e. The number of nitrogens with one attached hydrogen (secondary N) is 1. The Morgan fingerprint density at radius 2 is 1.88 bits per heavy atom. The molecule has 2 rings (SSSR count). The van der Waals surface area contributed by atoms with Crippen molar-refractivity contribution in [2.24, 2.45) is 0 Å². The third-order valence-corrected chi connectivity index (χ3v) is 4.14. The van der Waals surface area contributed by atoms with Crippen molar-refractivity contribution < 1.29 is 14.3 Å². The summed E-state index contributed by atoms with van der Waals surface area (Å²) in [7, 11) is 0. The zero-order valence-corrected chi connectivity index (χ0v) is 16.3. The van der Waals surface area contributed by atoms with Crippen LogP contribution in [0.5, 0.6) is 11.5 Å². The van der Waals surface area contributed by atoms with E-state index < -0.39 is 6.10 Å². The van der Waals surface area contributed by atoms with Crippen molar-refractivity contribution in [3.8, 4) is 11.5 Å². The quantitative estimate of drug-likeness (QED) is 0.753. The van der Waals surface area contributed by atoms with E-state index >= 15 is 0 Å². The molecule has 0 aliphatic rings. The molecule has 0 bridgehead atoms. The second-order valence-corrected chi connectivity index (χ2v) is 6.75. The molecule has 0 heterocycles. The van der Waals surface area contributed by atoms with Crippen LogP contribution in [0.25, 0.3) is 0 Å². The van der Waals surface area contributed by atoms with E-state index in [1.165, 1.54) is 0 Å². The van der Waals surface area contributed by atoms with E-state index in [0.29, 0.717) is 19.1 Å². The summed E-state index contributed by atoms with van der Waals surface area (Å²) >= 11 is 0. The first-order chi connectivity index (χ1) is 12.4. The van der Waals surface area contributed by atoms with Crippen molar-refractivity contribution in [3.05, 3.63) is 59.2 Å². The highest BCUT2D eigenvalue weighted by Gasteiger charge is 2.17. The Hall–Kier alpha value is -2.49. The summed E-state index contributed by atoms with van der Waals surface area (Å²) in [6, 6.07) is 13.9. The normalized spacial score (nSPS) is 11.9. The highest BCUT2D eigenvalue weighted by molar-refractivity contribution is 5.80. The molecule has 4 nitrogen and oxygen atoms in total. The molecule has 2 aromatic carbocycles. The number of aryl methyl sites for hydroxylation is 1. The van der Waals surface area contributed by atoms with Crippen LogP contribution >= 0.6 is 0 Å². The number of rotatable bonds is 8. The molecular formula is C22H29NO3. The fourth-order valence-electron chi connectivity index (χ4n) is 2.71. The van der Waals surface area contributed by atoms with Crippen LogP contribution in [0.4, 0.5) is 0 Å². The third kappa shape index (κ3) is 5.51. The second-order valence-electron chi connectivity index (χ2n) is 6.75. The standard InChI is InChI=1S/C22H29NO3/c1-6-25-19-9-7-8-18(13-19)14-23-22(24)17(5)26-21-12-16(4)10-11-20(21)15(2)3/h7-13,15,17H,6,14H2,1-5H3,(H,23,24). The first-order valence-corrected chi connectivity index (χ1v) is 9.17. The van der Waals surface area contributed by atoms with Crippen LogP contribution in [0.15, 0.2) is 42.5 Å². The molecule has 140 valence electrons. The number of benzene rings is 2. The first kappa shape index (κ1) is 19.8. The van der Waals surface area contributed by atoms with E-state index in [4.69, 9.17) is 9.47 Å². The van der Waals surface area contributed by atoms with Gasteiger partial charge in [0.05, 0.1) is 6.61 Å². The van der Waals surface area contributed by atoms with Gasteiger partial charge in [0.15, 0.2) is 6.10 Å². The number of ether oxygens (including phenoxy) is 2. The summed E-state index contributed by atoms with van der Waals surface area (Å²) in [6.45, 7) is 11.0. The molecule has 0 spiro atoms. The molecule has 0 aliphatic heterocycles. The van der Waals surface area contributed by atoms with Crippen molar-refractivity contribution in [1.29, 1.82) is 0 Å². The molecule has 2 aromatic rings. The Labute approximate surface area is 156 Å². The molecule has 26 heavy (non-hydrogen) atoms. The predicted octanol–water partition coefficient (Wildman–Crippen LogP) is 4.60. The van der Waals surface area contributed by atoms with Crippen LogP contribution < -0.4 is 14.8 Å². The highest BCUT2D eigenvalue weighted by atomic mass is 16.5. The van der Waals surface area contributed by atoms with Crippen molar-refractivity contribution >= 4 is 5.91 Å². The van der Waals surface area contributed by atoms with Crippen molar-refractivity contribution in [3.63, 3.8) is 0 Å². The summed E-state index contributed by atoms with van der Waals surface area (Å²) in [5.74, 6) is 1.79. The van der Waals surface area contributed by atoms with Crippen molar-refractivity contribution in [2.75, 3.05) is 6.61 Å². The molecule has 0 aromatic heterocycles. The number of carbonyl (C=O) groups is 1. The zero-order valence-electron chi connectivity index (χ0n) is 16.3. The lowest BCUT2D eigenvalue weighted by molar-refractivity contribution is -0.127. The molecule has 0 fully saturated rings. The summed E-state index contributed by atoms with van der Waals surface area (Å²) in [5, 5.41) is 2.93. The van der Waals surface area contributed by atoms with E-state index in [1.54, 1.807) is 6.92 Å². The van der Waals surface area contributed by atoms with Crippen LogP contribution in [0.1, 0.15) is 50.3 Å². The molecule has 0 radical (unpaired) electrons. The molecule has 1 unspecified atom stereocenters. The Kier molecular flexibility index (Phi) is 7.07. The number of carbonyl (C=O) groups excluding carboxylic acids is 1. The van der Waals surface area contributed by atoms with Gasteiger partial charge in [-0.15, -0.1) is 0 Å². The molecule has 0 saturated heterocycles. The van der Waals surface area contributed by atoms with E-state index in [1.807, 2.05) is 44.2 Å². The van der Waals surface area contributed by atoms with Gasteiger partial charge in [-0.3, -0.25) is 4.79 Å². The number of hydrogen-bond donors (Lipinski definition) is 1. The van der Waals surface area contributed by atoms with Gasteiger partial charge in [-0.2, -0.15) is 0 Å². The van der Waals surface area contributed by atoms with Gasteiger partial charge in [-0.1, -0.05) is 38.1 Å². The van der Waals surface area contributed by atoms with E-state index in [-0.39, 0.29) is 5.91 Å². The van der Waals surface area contributed by atoms with Crippen LogP contribution in [0, 0.1) is 6.92 Å². The molecule has 1 amide bonds. The molecule has 1 atom stereocenters. The Bertz CT molecular complexity index is 740. The minimum Gasteiger partial charge on any atom is -0.494 e. The Morgan fingerprint density at radius 1 is 1.12 bits per heavy atom. The highest BCUT2D eigenvalue weighted by Crippen LogP contribution is 2.28. The molecule has 1 N–H and O–H groups in total. The van der Waals surface area contributed by atoms with E-state index in [0.717, 1.165) is 28.2 Å². The monoisotopic (exact) mass is 355 g/mol. The number of amides is 1. The topological polar surface area (TPSA) is 47.6 Å². The lowest BCUT2D eigenvalue weighted by Crippen LogP contribution is -2.36. The van der Waals surface area contributed by atoms with Crippen molar-refractivity contribution in [2.45, 2.75) is 53.2 Å². The van der Waals surface area contributed by atoms with Gasteiger partial charge in [-0.25, -0.2) is 0 Å². The first-order valence-electron chi connectivity index (χ1n) is 9.17. The lowest BCUT2D eigenvalue weighted by atomic mass is 10.0. The van der Waals surface area contributed by atoms with Crippen LogP contribution in [-0.4, -0.2) is 18.6 Å². The summed E-state index contributed by atoms with van der Waals surface area (Å²) in [5.41, 5.74) is 3.22.